The van der Waals surface area contributed by atoms with Crippen molar-refractivity contribution < 1.29 is 18.7 Å². The molecule has 2 rings (SSSR count). The van der Waals surface area contributed by atoms with Gasteiger partial charge < -0.3 is 19.2 Å². The molecule has 0 aliphatic heterocycles. The van der Waals surface area contributed by atoms with Crippen molar-refractivity contribution in [3.05, 3.63) is 47.9 Å². The summed E-state index contributed by atoms with van der Waals surface area (Å²) in [6, 6.07) is 11.0. The lowest BCUT2D eigenvalue weighted by molar-refractivity contribution is 0.0562. The molecule has 0 radical (unpaired) electrons. The van der Waals surface area contributed by atoms with Crippen molar-refractivity contribution in [3.8, 4) is 5.75 Å². The van der Waals surface area contributed by atoms with E-state index in [1.807, 2.05) is 38.1 Å². The van der Waals surface area contributed by atoms with Gasteiger partial charge in [0.15, 0.2) is 0 Å². The third-order valence-corrected chi connectivity index (χ3v) is 2.99. The second kappa shape index (κ2) is 6.83. The highest BCUT2D eigenvalue weighted by Crippen LogP contribution is 2.23. The predicted octanol–water partition coefficient (Wildman–Crippen LogP) is 3.64. The quantitative estimate of drug-likeness (QED) is 0.823. The molecule has 1 heterocycles. The zero-order chi connectivity index (χ0) is 15.2. The molecule has 1 aromatic heterocycles. The number of methoxy groups -OCH3 is 1. The van der Waals surface area contributed by atoms with E-state index in [4.69, 9.17) is 9.15 Å². The van der Waals surface area contributed by atoms with Crippen LogP contribution in [0.15, 0.2) is 40.8 Å². The number of carbonyl (C=O) groups excluding carboxylic acids is 1. The van der Waals surface area contributed by atoms with E-state index in [9.17, 15) is 4.79 Å². The molecule has 0 spiro atoms. The molecule has 2 aromatic rings. The van der Waals surface area contributed by atoms with Gasteiger partial charge in [0.1, 0.15) is 11.5 Å². The van der Waals surface area contributed by atoms with Crippen LogP contribution in [0.4, 0.5) is 5.69 Å². The molecule has 0 saturated heterocycles. The standard InChI is InChI=1S/C16H19NO4/c1-4-20-13-7-5-12(6-8-13)17-11(2)14-9-10-15(21-14)16(18)19-3/h5-11,17H,4H2,1-3H3. The summed E-state index contributed by atoms with van der Waals surface area (Å²) in [6.45, 7) is 4.55. The van der Waals surface area contributed by atoms with Crippen LogP contribution in [0, 0.1) is 0 Å². The average molecular weight is 289 g/mol. The minimum atomic E-state index is -0.477. The molecule has 1 unspecified atom stereocenters. The van der Waals surface area contributed by atoms with Crippen LogP contribution >= 0.6 is 0 Å². The fraction of sp³-hybridized carbons (Fsp3) is 0.312. The fourth-order valence-corrected chi connectivity index (χ4v) is 1.93. The number of esters is 1. The fourth-order valence-electron chi connectivity index (χ4n) is 1.93. The van der Waals surface area contributed by atoms with E-state index in [0.717, 1.165) is 11.4 Å². The molecule has 1 aromatic carbocycles. The summed E-state index contributed by atoms with van der Waals surface area (Å²) in [5, 5.41) is 3.30. The summed E-state index contributed by atoms with van der Waals surface area (Å²) in [4.78, 5) is 11.4. The van der Waals surface area contributed by atoms with Crippen LogP contribution in [0.3, 0.4) is 0 Å². The van der Waals surface area contributed by atoms with Crippen LogP contribution in [-0.2, 0) is 4.74 Å². The van der Waals surface area contributed by atoms with Crippen LogP contribution < -0.4 is 10.1 Å². The Morgan fingerprint density at radius 2 is 1.95 bits per heavy atom. The third kappa shape index (κ3) is 3.78. The number of carbonyl (C=O) groups is 1. The van der Waals surface area contributed by atoms with Gasteiger partial charge in [-0.1, -0.05) is 0 Å². The van der Waals surface area contributed by atoms with Crippen LogP contribution in [0.25, 0.3) is 0 Å². The van der Waals surface area contributed by atoms with E-state index in [-0.39, 0.29) is 11.8 Å². The summed E-state index contributed by atoms with van der Waals surface area (Å²) < 4.78 is 15.5. The van der Waals surface area contributed by atoms with Crippen molar-refractivity contribution in [2.75, 3.05) is 19.0 Å². The SMILES string of the molecule is CCOc1ccc(NC(C)c2ccc(C(=O)OC)o2)cc1. The topological polar surface area (TPSA) is 60.7 Å². The summed E-state index contributed by atoms with van der Waals surface area (Å²) in [6.07, 6.45) is 0. The molecular weight excluding hydrogens is 270 g/mol. The number of nitrogens with one attached hydrogen (secondary N) is 1. The molecular formula is C16H19NO4. The van der Waals surface area contributed by atoms with Gasteiger partial charge in [0, 0.05) is 5.69 Å². The first-order chi connectivity index (χ1) is 10.1. The van der Waals surface area contributed by atoms with Crippen LogP contribution in [-0.4, -0.2) is 19.7 Å². The second-order valence-electron chi connectivity index (χ2n) is 4.52. The number of hydrogen-bond donors (Lipinski definition) is 1. The average Bonchev–Trinajstić information content (AvgIpc) is 2.99. The van der Waals surface area contributed by atoms with Crippen molar-refractivity contribution in [1.29, 1.82) is 0 Å². The summed E-state index contributed by atoms with van der Waals surface area (Å²) in [7, 11) is 1.33. The lowest BCUT2D eigenvalue weighted by Gasteiger charge is -2.13. The van der Waals surface area contributed by atoms with Crippen molar-refractivity contribution in [2.24, 2.45) is 0 Å². The third-order valence-electron chi connectivity index (χ3n) is 2.99. The van der Waals surface area contributed by atoms with Gasteiger partial charge in [0.2, 0.25) is 5.76 Å². The van der Waals surface area contributed by atoms with Crippen molar-refractivity contribution in [1.82, 2.24) is 0 Å². The van der Waals surface area contributed by atoms with Gasteiger partial charge in [0.25, 0.3) is 0 Å². The molecule has 0 fully saturated rings. The molecule has 0 saturated carbocycles. The first-order valence-electron chi connectivity index (χ1n) is 6.81. The number of rotatable bonds is 6. The maximum Gasteiger partial charge on any atom is 0.373 e. The van der Waals surface area contributed by atoms with E-state index >= 15 is 0 Å². The van der Waals surface area contributed by atoms with Gasteiger partial charge in [-0.05, 0) is 50.2 Å². The molecule has 0 aliphatic rings. The van der Waals surface area contributed by atoms with E-state index < -0.39 is 5.97 Å². The minimum absolute atomic E-state index is 0.0682. The maximum atomic E-state index is 11.4. The number of ether oxygens (including phenoxy) is 2. The molecule has 0 amide bonds. The molecule has 1 atom stereocenters. The van der Waals surface area contributed by atoms with Gasteiger partial charge in [0.05, 0.1) is 19.8 Å². The number of anilines is 1. The Morgan fingerprint density at radius 1 is 1.24 bits per heavy atom. The Bertz CT molecular complexity index is 589. The van der Waals surface area contributed by atoms with Gasteiger partial charge in [-0.15, -0.1) is 0 Å². The number of furan rings is 1. The van der Waals surface area contributed by atoms with E-state index in [1.165, 1.54) is 7.11 Å². The van der Waals surface area contributed by atoms with Crippen LogP contribution in [0.2, 0.25) is 0 Å². The second-order valence-corrected chi connectivity index (χ2v) is 4.52. The molecule has 1 N–H and O–H groups in total. The highest BCUT2D eigenvalue weighted by Gasteiger charge is 2.15. The van der Waals surface area contributed by atoms with Gasteiger partial charge in [-0.25, -0.2) is 4.79 Å². The van der Waals surface area contributed by atoms with Gasteiger partial charge in [-0.2, -0.15) is 0 Å². The lowest BCUT2D eigenvalue weighted by atomic mass is 10.2. The van der Waals surface area contributed by atoms with Gasteiger partial charge >= 0.3 is 5.97 Å². The monoisotopic (exact) mass is 289 g/mol. The minimum Gasteiger partial charge on any atom is -0.494 e. The normalized spacial score (nSPS) is 11.8. The van der Waals surface area contributed by atoms with Crippen molar-refractivity contribution in [3.63, 3.8) is 0 Å². The van der Waals surface area contributed by atoms with E-state index in [2.05, 4.69) is 10.1 Å². The zero-order valence-electron chi connectivity index (χ0n) is 12.4. The summed E-state index contributed by atoms with van der Waals surface area (Å²) in [5.41, 5.74) is 0.946. The first kappa shape index (κ1) is 15.0. The molecule has 21 heavy (non-hydrogen) atoms. The maximum absolute atomic E-state index is 11.4. The van der Waals surface area contributed by atoms with E-state index in [0.29, 0.717) is 12.4 Å². The predicted molar refractivity (Wildman–Crippen MR) is 79.7 cm³/mol. The molecule has 0 aliphatic carbocycles. The smallest absolute Gasteiger partial charge is 0.373 e. The van der Waals surface area contributed by atoms with E-state index in [1.54, 1.807) is 12.1 Å². The largest absolute Gasteiger partial charge is 0.494 e. The number of benzene rings is 1. The molecule has 112 valence electrons. The van der Waals surface area contributed by atoms with Crippen molar-refractivity contribution >= 4 is 11.7 Å². The Hall–Kier alpha value is -2.43. The van der Waals surface area contributed by atoms with Crippen LogP contribution in [0.5, 0.6) is 5.75 Å². The zero-order valence-corrected chi connectivity index (χ0v) is 12.4. The molecule has 5 heteroatoms. The van der Waals surface area contributed by atoms with Crippen molar-refractivity contribution in [2.45, 2.75) is 19.9 Å². The number of hydrogen-bond acceptors (Lipinski definition) is 5. The highest BCUT2D eigenvalue weighted by atomic mass is 16.5. The molecule has 0 bridgehead atoms. The Balaban J connectivity index is 2.01. The highest BCUT2D eigenvalue weighted by molar-refractivity contribution is 5.86. The Labute approximate surface area is 123 Å². The first-order valence-corrected chi connectivity index (χ1v) is 6.81. The van der Waals surface area contributed by atoms with Crippen LogP contribution in [0.1, 0.15) is 36.2 Å². The Morgan fingerprint density at radius 3 is 2.57 bits per heavy atom. The summed E-state index contributed by atoms with van der Waals surface area (Å²) in [5.74, 6) is 1.23. The summed E-state index contributed by atoms with van der Waals surface area (Å²) >= 11 is 0. The lowest BCUT2D eigenvalue weighted by Crippen LogP contribution is -2.06. The Kier molecular flexibility index (Phi) is 4.87. The van der Waals surface area contributed by atoms with Gasteiger partial charge in [-0.3, -0.25) is 0 Å². The molecule has 5 nitrogen and oxygen atoms in total.